The summed E-state index contributed by atoms with van der Waals surface area (Å²) in [5.41, 5.74) is 3.38. The van der Waals surface area contributed by atoms with Crippen molar-refractivity contribution in [3.8, 4) is 5.75 Å². The Balaban J connectivity index is 1.75. The summed E-state index contributed by atoms with van der Waals surface area (Å²) in [5, 5.41) is 4.12. The molecule has 1 fully saturated rings. The molecular weight excluding hydrogens is 344 g/mol. The second-order valence-electron chi connectivity index (χ2n) is 6.61. The van der Waals surface area contributed by atoms with Crippen molar-refractivity contribution in [2.24, 2.45) is 0 Å². The van der Waals surface area contributed by atoms with E-state index < -0.39 is 0 Å². The van der Waals surface area contributed by atoms with Gasteiger partial charge in [0, 0.05) is 25.4 Å². The quantitative estimate of drug-likeness (QED) is 0.763. The largest absolute Gasteiger partial charge is 0.497 e. The minimum absolute atomic E-state index is 0.234. The van der Waals surface area contributed by atoms with Gasteiger partial charge in [-0.15, -0.1) is 0 Å². The van der Waals surface area contributed by atoms with E-state index >= 15 is 0 Å². The topological polar surface area (TPSA) is 33.7 Å². The lowest BCUT2D eigenvalue weighted by Gasteiger charge is -2.29. The molecule has 2 aromatic carbocycles. The number of hydrogen-bond donors (Lipinski definition) is 1. The number of anilines is 1. The molecule has 1 N–H and O–H groups in total. The molecule has 0 saturated carbocycles. The van der Waals surface area contributed by atoms with Gasteiger partial charge in [0.05, 0.1) is 13.2 Å². The van der Waals surface area contributed by atoms with Crippen LogP contribution < -0.4 is 10.1 Å². The van der Waals surface area contributed by atoms with Gasteiger partial charge in [-0.05, 0) is 61.3 Å². The van der Waals surface area contributed by atoms with Crippen LogP contribution in [0.25, 0.3) is 0 Å². The molecular formula is C21H26N2O2S. The van der Waals surface area contributed by atoms with Crippen molar-refractivity contribution in [1.29, 1.82) is 0 Å². The molecule has 0 aliphatic carbocycles. The number of ether oxygens (including phenoxy) is 2. The highest BCUT2D eigenvalue weighted by atomic mass is 32.1. The van der Waals surface area contributed by atoms with Gasteiger partial charge in [0.15, 0.2) is 5.11 Å². The summed E-state index contributed by atoms with van der Waals surface area (Å²) in [6, 6.07) is 16.3. The average molecular weight is 371 g/mol. The molecule has 1 unspecified atom stereocenters. The van der Waals surface area contributed by atoms with Crippen LogP contribution in [-0.4, -0.2) is 36.4 Å². The molecule has 1 aliphatic rings. The Morgan fingerprint density at radius 2 is 2.12 bits per heavy atom. The number of hydrogen-bond acceptors (Lipinski definition) is 3. The fourth-order valence-corrected chi connectivity index (χ4v) is 3.40. The summed E-state index contributed by atoms with van der Waals surface area (Å²) in [6.07, 6.45) is 2.44. The van der Waals surface area contributed by atoms with Gasteiger partial charge in [-0.2, -0.15) is 0 Å². The minimum atomic E-state index is 0.234. The molecule has 0 amide bonds. The van der Waals surface area contributed by atoms with E-state index in [-0.39, 0.29) is 6.10 Å². The number of aryl methyl sites for hydroxylation is 1. The van der Waals surface area contributed by atoms with Gasteiger partial charge in [-0.1, -0.05) is 30.3 Å². The second-order valence-corrected chi connectivity index (χ2v) is 7.00. The second kappa shape index (κ2) is 9.01. The molecule has 1 saturated heterocycles. The van der Waals surface area contributed by atoms with Gasteiger partial charge in [0.1, 0.15) is 5.75 Å². The Hall–Kier alpha value is -2.11. The van der Waals surface area contributed by atoms with Crippen LogP contribution in [0.5, 0.6) is 5.75 Å². The van der Waals surface area contributed by atoms with Crippen molar-refractivity contribution in [3.63, 3.8) is 0 Å². The molecule has 5 heteroatoms. The fraction of sp³-hybridized carbons (Fsp3) is 0.381. The van der Waals surface area contributed by atoms with Gasteiger partial charge in [-0.3, -0.25) is 0 Å². The number of para-hydroxylation sites is 1. The zero-order valence-corrected chi connectivity index (χ0v) is 16.2. The zero-order valence-electron chi connectivity index (χ0n) is 15.4. The first-order valence-electron chi connectivity index (χ1n) is 9.02. The summed E-state index contributed by atoms with van der Waals surface area (Å²) >= 11 is 5.74. The van der Waals surface area contributed by atoms with Crippen LogP contribution in [0.1, 0.15) is 24.0 Å². The Morgan fingerprint density at radius 1 is 1.27 bits per heavy atom. The molecule has 0 spiro atoms. The molecule has 3 rings (SSSR count). The highest BCUT2D eigenvalue weighted by Gasteiger charge is 2.21. The van der Waals surface area contributed by atoms with Crippen molar-refractivity contribution in [2.45, 2.75) is 32.4 Å². The maximum atomic E-state index is 5.84. The summed E-state index contributed by atoms with van der Waals surface area (Å²) < 4.78 is 11.2. The van der Waals surface area contributed by atoms with Crippen LogP contribution in [-0.2, 0) is 11.3 Å². The molecule has 1 atom stereocenters. The van der Waals surface area contributed by atoms with Crippen LogP contribution >= 0.6 is 12.2 Å². The third-order valence-electron chi connectivity index (χ3n) is 4.63. The lowest BCUT2D eigenvalue weighted by atomic mass is 10.1. The van der Waals surface area contributed by atoms with E-state index in [1.54, 1.807) is 7.11 Å². The third kappa shape index (κ3) is 4.96. The Bertz CT molecular complexity index is 744. The zero-order chi connectivity index (χ0) is 18.4. The average Bonchev–Trinajstić information content (AvgIpc) is 3.16. The SMILES string of the molecule is COc1cccc(CN(CC2CCCO2)C(=S)Nc2ccccc2C)c1. The number of rotatable bonds is 6. The predicted molar refractivity (Wildman–Crippen MR) is 110 cm³/mol. The summed E-state index contributed by atoms with van der Waals surface area (Å²) in [5.74, 6) is 0.859. The van der Waals surface area contributed by atoms with E-state index in [1.807, 2.05) is 24.3 Å². The van der Waals surface area contributed by atoms with Crippen molar-refractivity contribution in [1.82, 2.24) is 4.90 Å². The monoisotopic (exact) mass is 370 g/mol. The van der Waals surface area contributed by atoms with Crippen LogP contribution in [0.15, 0.2) is 48.5 Å². The summed E-state index contributed by atoms with van der Waals surface area (Å²) in [6.45, 7) is 4.43. The number of nitrogens with zero attached hydrogens (tertiary/aromatic N) is 1. The Morgan fingerprint density at radius 3 is 2.85 bits per heavy atom. The Kier molecular flexibility index (Phi) is 6.47. The normalized spacial score (nSPS) is 16.3. The van der Waals surface area contributed by atoms with E-state index in [4.69, 9.17) is 21.7 Å². The fourth-order valence-electron chi connectivity index (χ4n) is 3.15. The highest BCUT2D eigenvalue weighted by molar-refractivity contribution is 7.80. The molecule has 138 valence electrons. The van der Waals surface area contributed by atoms with E-state index in [0.29, 0.717) is 0 Å². The van der Waals surface area contributed by atoms with Crippen molar-refractivity contribution in [2.75, 3.05) is 25.6 Å². The molecule has 0 radical (unpaired) electrons. The van der Waals surface area contributed by atoms with Gasteiger partial charge in [-0.25, -0.2) is 0 Å². The smallest absolute Gasteiger partial charge is 0.173 e. The van der Waals surface area contributed by atoms with Crippen LogP contribution in [0.3, 0.4) is 0 Å². The first kappa shape index (κ1) is 18.7. The predicted octanol–water partition coefficient (Wildman–Crippen LogP) is 4.38. The lowest BCUT2D eigenvalue weighted by molar-refractivity contribution is 0.0905. The molecule has 4 nitrogen and oxygen atoms in total. The minimum Gasteiger partial charge on any atom is -0.497 e. The lowest BCUT2D eigenvalue weighted by Crippen LogP contribution is -2.39. The molecule has 26 heavy (non-hydrogen) atoms. The van der Waals surface area contributed by atoms with E-state index in [2.05, 4.69) is 41.4 Å². The number of thiocarbonyl (C=S) groups is 1. The first-order valence-corrected chi connectivity index (χ1v) is 9.42. The molecule has 0 bridgehead atoms. The van der Waals surface area contributed by atoms with Gasteiger partial charge >= 0.3 is 0 Å². The van der Waals surface area contributed by atoms with Gasteiger partial charge in [0.25, 0.3) is 0 Å². The van der Waals surface area contributed by atoms with Gasteiger partial charge in [0.2, 0.25) is 0 Å². The Labute approximate surface area is 161 Å². The molecule has 1 heterocycles. The van der Waals surface area contributed by atoms with Crippen molar-refractivity contribution < 1.29 is 9.47 Å². The van der Waals surface area contributed by atoms with Crippen LogP contribution in [0.2, 0.25) is 0 Å². The molecule has 1 aliphatic heterocycles. The summed E-state index contributed by atoms with van der Waals surface area (Å²) in [4.78, 5) is 2.19. The van der Waals surface area contributed by atoms with E-state index in [0.717, 1.165) is 54.7 Å². The van der Waals surface area contributed by atoms with E-state index in [1.165, 1.54) is 5.56 Å². The maximum Gasteiger partial charge on any atom is 0.173 e. The highest BCUT2D eigenvalue weighted by Crippen LogP contribution is 2.20. The van der Waals surface area contributed by atoms with Crippen molar-refractivity contribution >= 4 is 23.0 Å². The first-order chi connectivity index (χ1) is 12.7. The summed E-state index contributed by atoms with van der Waals surface area (Å²) in [7, 11) is 1.69. The number of benzene rings is 2. The third-order valence-corrected chi connectivity index (χ3v) is 4.99. The standard InChI is InChI=1S/C21H26N2O2S/c1-16-7-3-4-11-20(16)22-21(26)23(15-19-10-6-12-25-19)14-17-8-5-9-18(13-17)24-2/h3-5,7-9,11,13,19H,6,10,12,14-15H2,1-2H3,(H,22,26). The number of nitrogens with one attached hydrogen (secondary N) is 1. The van der Waals surface area contributed by atoms with Crippen LogP contribution in [0, 0.1) is 6.92 Å². The van der Waals surface area contributed by atoms with E-state index in [9.17, 15) is 0 Å². The van der Waals surface area contributed by atoms with Gasteiger partial charge < -0.3 is 19.7 Å². The van der Waals surface area contributed by atoms with Crippen molar-refractivity contribution in [3.05, 3.63) is 59.7 Å². The molecule has 2 aromatic rings. The molecule has 0 aromatic heterocycles. The maximum absolute atomic E-state index is 5.84. The number of methoxy groups -OCH3 is 1. The van der Waals surface area contributed by atoms with Crippen LogP contribution in [0.4, 0.5) is 5.69 Å².